The Hall–Kier alpha value is -2.82. The number of carbonyl (C=O) groups is 1. The number of benzene rings is 2. The van der Waals surface area contributed by atoms with Crippen molar-refractivity contribution < 1.29 is 9.18 Å². The van der Waals surface area contributed by atoms with Crippen LogP contribution < -0.4 is 11.1 Å². The maximum absolute atomic E-state index is 13.8. The smallest absolute Gasteiger partial charge is 0.252 e. The molecule has 0 saturated heterocycles. The third-order valence-corrected chi connectivity index (χ3v) is 4.05. The summed E-state index contributed by atoms with van der Waals surface area (Å²) in [5.74, 6) is -0.659. The maximum atomic E-state index is 13.8. The number of H-pyrrole nitrogens is 1. The largest absolute Gasteiger partial charge is 0.399 e. The lowest BCUT2D eigenvalue weighted by molar-refractivity contribution is 0.0957. The molecule has 4 nitrogen and oxygen atoms in total. The summed E-state index contributed by atoms with van der Waals surface area (Å²) >= 11 is 0. The lowest BCUT2D eigenvalue weighted by Crippen LogP contribution is -2.23. The average molecular weight is 295 g/mol. The van der Waals surface area contributed by atoms with E-state index in [9.17, 15) is 9.18 Å². The van der Waals surface area contributed by atoms with E-state index in [2.05, 4.69) is 10.3 Å². The monoisotopic (exact) mass is 295 g/mol. The summed E-state index contributed by atoms with van der Waals surface area (Å²) in [5, 5.41) is 3.61. The fourth-order valence-electron chi connectivity index (χ4n) is 3.13. The quantitative estimate of drug-likeness (QED) is 0.604. The number of rotatable bonds is 1. The first-order valence-corrected chi connectivity index (χ1v) is 7.11. The molecule has 4 rings (SSSR count). The standard InChI is InChI=1S/C17H14FN3O/c18-10-7-13-15-12(4-5-20-17(13)22)16(21-14(15)8-10)9-2-1-3-11(19)6-9/h1-3,6-8,21H,4-5,19H2,(H,20,22). The van der Waals surface area contributed by atoms with Gasteiger partial charge < -0.3 is 16.0 Å². The first-order valence-electron chi connectivity index (χ1n) is 7.11. The van der Waals surface area contributed by atoms with Crippen LogP contribution in [-0.4, -0.2) is 17.4 Å². The van der Waals surface area contributed by atoms with Gasteiger partial charge in [0.15, 0.2) is 0 Å². The van der Waals surface area contributed by atoms with E-state index < -0.39 is 5.82 Å². The van der Waals surface area contributed by atoms with E-state index in [1.807, 2.05) is 24.3 Å². The highest BCUT2D eigenvalue weighted by molar-refractivity contribution is 6.10. The maximum Gasteiger partial charge on any atom is 0.252 e. The van der Waals surface area contributed by atoms with Crippen molar-refractivity contribution >= 4 is 22.5 Å². The molecule has 0 fully saturated rings. The molecule has 110 valence electrons. The number of nitrogen functional groups attached to an aromatic ring is 1. The fourth-order valence-corrected chi connectivity index (χ4v) is 3.13. The molecule has 1 aliphatic heterocycles. The second kappa shape index (κ2) is 4.59. The Morgan fingerprint density at radius 3 is 2.86 bits per heavy atom. The Bertz CT molecular complexity index is 914. The number of anilines is 1. The van der Waals surface area contributed by atoms with Crippen LogP contribution in [0.4, 0.5) is 10.1 Å². The molecule has 0 unspecified atom stereocenters. The van der Waals surface area contributed by atoms with Crippen molar-refractivity contribution in [1.82, 2.24) is 10.3 Å². The van der Waals surface area contributed by atoms with Gasteiger partial charge in [0.2, 0.25) is 0 Å². The highest BCUT2D eigenvalue weighted by atomic mass is 19.1. The summed E-state index contributed by atoms with van der Waals surface area (Å²) in [7, 11) is 0. The molecule has 0 saturated carbocycles. The molecule has 0 bridgehead atoms. The summed E-state index contributed by atoms with van der Waals surface area (Å²) in [5.41, 5.74) is 10.4. The predicted molar refractivity (Wildman–Crippen MR) is 84.1 cm³/mol. The van der Waals surface area contributed by atoms with E-state index in [-0.39, 0.29) is 5.91 Å². The van der Waals surface area contributed by atoms with Gasteiger partial charge in [0, 0.05) is 34.4 Å². The molecule has 5 heteroatoms. The molecule has 4 N–H and O–H groups in total. The van der Waals surface area contributed by atoms with Gasteiger partial charge in [-0.05, 0) is 36.2 Å². The van der Waals surface area contributed by atoms with Crippen LogP contribution in [0.5, 0.6) is 0 Å². The van der Waals surface area contributed by atoms with Crippen LogP contribution in [0.15, 0.2) is 36.4 Å². The number of nitrogens with two attached hydrogens (primary N) is 1. The van der Waals surface area contributed by atoms with Gasteiger partial charge in [0.05, 0.1) is 5.56 Å². The van der Waals surface area contributed by atoms with Crippen molar-refractivity contribution in [2.75, 3.05) is 12.3 Å². The summed E-state index contributed by atoms with van der Waals surface area (Å²) in [6, 6.07) is 10.2. The van der Waals surface area contributed by atoms with Crippen molar-refractivity contribution in [3.8, 4) is 11.3 Å². The third kappa shape index (κ3) is 1.86. The van der Waals surface area contributed by atoms with E-state index in [0.29, 0.717) is 29.7 Å². The summed E-state index contributed by atoms with van der Waals surface area (Å²) in [6.45, 7) is 0.525. The minimum atomic E-state index is -0.425. The Balaban J connectivity index is 2.07. The molecule has 22 heavy (non-hydrogen) atoms. The van der Waals surface area contributed by atoms with E-state index in [0.717, 1.165) is 22.2 Å². The van der Waals surface area contributed by atoms with E-state index >= 15 is 0 Å². The average Bonchev–Trinajstić information content (AvgIpc) is 2.76. The lowest BCUT2D eigenvalue weighted by Gasteiger charge is -2.04. The Morgan fingerprint density at radius 2 is 2.05 bits per heavy atom. The van der Waals surface area contributed by atoms with E-state index in [1.165, 1.54) is 12.1 Å². The molecule has 0 aliphatic carbocycles. The second-order valence-electron chi connectivity index (χ2n) is 5.49. The molecular formula is C17H14FN3O. The molecule has 1 amide bonds. The molecule has 2 heterocycles. The summed E-state index contributed by atoms with van der Waals surface area (Å²) in [4.78, 5) is 15.4. The van der Waals surface area contributed by atoms with Gasteiger partial charge >= 0.3 is 0 Å². The van der Waals surface area contributed by atoms with Crippen molar-refractivity contribution in [1.29, 1.82) is 0 Å². The second-order valence-corrected chi connectivity index (χ2v) is 5.49. The Kier molecular flexibility index (Phi) is 2.69. The number of halogens is 1. The number of aromatic nitrogens is 1. The number of hydrogen-bond donors (Lipinski definition) is 3. The van der Waals surface area contributed by atoms with Gasteiger partial charge in [0.1, 0.15) is 5.82 Å². The van der Waals surface area contributed by atoms with Gasteiger partial charge in [-0.15, -0.1) is 0 Å². The normalized spacial score (nSPS) is 14.0. The SMILES string of the molecule is Nc1cccc(-c2[nH]c3cc(F)cc4c3c2CCNC4=O)c1. The number of nitrogens with one attached hydrogen (secondary N) is 2. The molecule has 1 aliphatic rings. The first kappa shape index (κ1) is 12.9. The molecule has 3 aromatic rings. The molecular weight excluding hydrogens is 281 g/mol. The number of amides is 1. The van der Waals surface area contributed by atoms with Crippen LogP contribution in [0.25, 0.3) is 22.2 Å². The number of carbonyl (C=O) groups excluding carboxylic acids is 1. The van der Waals surface area contributed by atoms with Gasteiger partial charge in [-0.1, -0.05) is 12.1 Å². The topological polar surface area (TPSA) is 70.9 Å². The molecule has 2 aromatic carbocycles. The Morgan fingerprint density at radius 1 is 1.18 bits per heavy atom. The van der Waals surface area contributed by atoms with Gasteiger partial charge in [-0.3, -0.25) is 4.79 Å². The number of aromatic amines is 1. The summed E-state index contributed by atoms with van der Waals surface area (Å²) < 4.78 is 13.8. The first-order chi connectivity index (χ1) is 10.6. The predicted octanol–water partition coefficient (Wildman–Crippen LogP) is 2.84. The van der Waals surface area contributed by atoms with E-state index in [1.54, 1.807) is 0 Å². The minimum absolute atomic E-state index is 0.235. The highest BCUT2D eigenvalue weighted by Gasteiger charge is 2.23. The molecule has 0 atom stereocenters. The minimum Gasteiger partial charge on any atom is -0.399 e. The van der Waals surface area contributed by atoms with Gasteiger partial charge in [-0.25, -0.2) is 4.39 Å². The van der Waals surface area contributed by atoms with Crippen LogP contribution in [0.1, 0.15) is 15.9 Å². The zero-order valence-electron chi connectivity index (χ0n) is 11.7. The third-order valence-electron chi connectivity index (χ3n) is 4.05. The molecule has 1 aromatic heterocycles. The summed E-state index contributed by atoms with van der Waals surface area (Å²) in [6.07, 6.45) is 0.689. The molecule has 0 radical (unpaired) electrons. The van der Waals surface area contributed by atoms with Crippen LogP contribution in [0.3, 0.4) is 0 Å². The molecule has 0 spiro atoms. The Labute approximate surface area is 126 Å². The van der Waals surface area contributed by atoms with Gasteiger partial charge in [0.25, 0.3) is 5.91 Å². The van der Waals surface area contributed by atoms with Crippen LogP contribution in [-0.2, 0) is 6.42 Å². The van der Waals surface area contributed by atoms with Crippen LogP contribution >= 0.6 is 0 Å². The van der Waals surface area contributed by atoms with Crippen molar-refractivity contribution in [2.24, 2.45) is 0 Å². The van der Waals surface area contributed by atoms with Gasteiger partial charge in [-0.2, -0.15) is 0 Å². The highest BCUT2D eigenvalue weighted by Crippen LogP contribution is 2.35. The van der Waals surface area contributed by atoms with Crippen molar-refractivity contribution in [2.45, 2.75) is 6.42 Å². The van der Waals surface area contributed by atoms with Crippen LogP contribution in [0, 0.1) is 5.82 Å². The van der Waals surface area contributed by atoms with Crippen molar-refractivity contribution in [3.63, 3.8) is 0 Å². The zero-order chi connectivity index (χ0) is 15.3. The van der Waals surface area contributed by atoms with Crippen molar-refractivity contribution in [3.05, 3.63) is 53.3 Å². The lowest BCUT2D eigenvalue weighted by atomic mass is 10.00. The number of hydrogen-bond acceptors (Lipinski definition) is 2. The van der Waals surface area contributed by atoms with Crippen LogP contribution in [0.2, 0.25) is 0 Å². The zero-order valence-corrected chi connectivity index (χ0v) is 11.7. The fraction of sp³-hybridized carbons (Fsp3) is 0.118. The van der Waals surface area contributed by atoms with E-state index in [4.69, 9.17) is 5.73 Å².